The van der Waals surface area contributed by atoms with Crippen LogP contribution >= 0.6 is 0 Å². The normalized spacial score (nSPS) is 23.1. The van der Waals surface area contributed by atoms with Crippen molar-refractivity contribution < 1.29 is 4.74 Å². The first-order chi connectivity index (χ1) is 8.11. The third kappa shape index (κ3) is 3.33. The highest BCUT2D eigenvalue weighted by atomic mass is 16.5. The molecule has 0 spiro atoms. The average molecular weight is 236 g/mol. The highest BCUT2D eigenvalue weighted by Gasteiger charge is 2.31. The molecule has 1 aliphatic rings. The fraction of sp³-hybridized carbons (Fsp3) is 0.714. The summed E-state index contributed by atoms with van der Waals surface area (Å²) in [5.74, 6) is 0. The van der Waals surface area contributed by atoms with Crippen LogP contribution in [0.15, 0.2) is 18.3 Å². The highest BCUT2D eigenvalue weighted by molar-refractivity contribution is 5.07. The lowest BCUT2D eigenvalue weighted by Gasteiger charge is -2.20. The van der Waals surface area contributed by atoms with Gasteiger partial charge in [-0.1, -0.05) is 6.92 Å². The minimum Gasteiger partial charge on any atom is -0.370 e. The lowest BCUT2D eigenvalue weighted by Crippen LogP contribution is -2.24. The fourth-order valence-corrected chi connectivity index (χ4v) is 2.47. The third-order valence-electron chi connectivity index (χ3n) is 3.43. The van der Waals surface area contributed by atoms with Gasteiger partial charge in [0.1, 0.15) is 0 Å². The zero-order chi connectivity index (χ0) is 12.3. The Morgan fingerprint density at radius 2 is 2.35 bits per heavy atom. The van der Waals surface area contributed by atoms with Gasteiger partial charge in [0.15, 0.2) is 0 Å². The van der Waals surface area contributed by atoms with E-state index in [1.54, 1.807) is 0 Å². The summed E-state index contributed by atoms with van der Waals surface area (Å²) >= 11 is 0. The number of nitrogens with one attached hydrogen (secondary N) is 1. The smallest absolute Gasteiger partial charge is 0.0762 e. The quantitative estimate of drug-likeness (QED) is 0.850. The van der Waals surface area contributed by atoms with Gasteiger partial charge < -0.3 is 14.6 Å². The van der Waals surface area contributed by atoms with Crippen molar-refractivity contribution in [2.45, 2.75) is 58.4 Å². The minimum atomic E-state index is 0.0691. The van der Waals surface area contributed by atoms with E-state index >= 15 is 0 Å². The average Bonchev–Trinajstić information content (AvgIpc) is 2.83. The molecule has 1 aromatic heterocycles. The second-order valence-corrected chi connectivity index (χ2v) is 5.47. The van der Waals surface area contributed by atoms with Crippen molar-refractivity contribution in [2.75, 3.05) is 6.54 Å². The molecule has 1 N–H and O–H groups in total. The summed E-state index contributed by atoms with van der Waals surface area (Å²) in [6, 6.07) is 4.30. The van der Waals surface area contributed by atoms with Crippen LogP contribution in [0.2, 0.25) is 0 Å². The Morgan fingerprint density at radius 1 is 1.53 bits per heavy atom. The largest absolute Gasteiger partial charge is 0.370 e. The van der Waals surface area contributed by atoms with Crippen LogP contribution < -0.4 is 5.32 Å². The van der Waals surface area contributed by atoms with Gasteiger partial charge in [-0.15, -0.1) is 0 Å². The van der Waals surface area contributed by atoms with Gasteiger partial charge in [-0.3, -0.25) is 0 Å². The summed E-state index contributed by atoms with van der Waals surface area (Å²) in [5.41, 5.74) is 1.42. The van der Waals surface area contributed by atoms with Crippen molar-refractivity contribution in [3.63, 3.8) is 0 Å². The van der Waals surface area contributed by atoms with E-state index in [0.29, 0.717) is 6.10 Å². The standard InChI is InChI=1S/C14H24N2O/c1-4-15-10-12-6-5-9-16(12)11-13-7-8-14(2,3)17-13/h5-6,9,13,15H,4,7-8,10-11H2,1-3H3. The van der Waals surface area contributed by atoms with Gasteiger partial charge in [0, 0.05) is 25.0 Å². The van der Waals surface area contributed by atoms with Crippen LogP contribution in [-0.4, -0.2) is 22.8 Å². The first kappa shape index (κ1) is 12.7. The number of hydrogen-bond donors (Lipinski definition) is 1. The van der Waals surface area contributed by atoms with E-state index in [-0.39, 0.29) is 5.60 Å². The van der Waals surface area contributed by atoms with Gasteiger partial charge in [0.05, 0.1) is 11.7 Å². The van der Waals surface area contributed by atoms with E-state index in [0.717, 1.165) is 19.6 Å². The Balaban J connectivity index is 1.92. The summed E-state index contributed by atoms with van der Waals surface area (Å²) in [5, 5.41) is 3.37. The van der Waals surface area contributed by atoms with E-state index in [9.17, 15) is 0 Å². The van der Waals surface area contributed by atoms with Crippen molar-refractivity contribution in [1.29, 1.82) is 0 Å². The molecule has 0 aromatic carbocycles. The van der Waals surface area contributed by atoms with E-state index in [2.05, 4.69) is 49.0 Å². The molecule has 1 unspecified atom stereocenters. The molecule has 96 valence electrons. The number of nitrogens with zero attached hydrogens (tertiary/aromatic N) is 1. The summed E-state index contributed by atoms with van der Waals surface area (Å²) in [6.07, 6.45) is 4.87. The molecular formula is C14H24N2O. The first-order valence-electron chi connectivity index (χ1n) is 6.63. The predicted molar refractivity (Wildman–Crippen MR) is 70.0 cm³/mol. The summed E-state index contributed by atoms with van der Waals surface area (Å²) < 4.78 is 8.35. The van der Waals surface area contributed by atoms with Crippen molar-refractivity contribution in [1.82, 2.24) is 9.88 Å². The van der Waals surface area contributed by atoms with E-state index in [1.807, 2.05) is 0 Å². The molecule has 1 atom stereocenters. The number of rotatable bonds is 5. The van der Waals surface area contributed by atoms with Crippen molar-refractivity contribution in [2.24, 2.45) is 0 Å². The van der Waals surface area contributed by atoms with Crippen molar-refractivity contribution in [3.05, 3.63) is 24.0 Å². The molecule has 3 nitrogen and oxygen atoms in total. The Labute approximate surface area is 104 Å². The molecule has 1 fully saturated rings. The lowest BCUT2D eigenvalue weighted by atomic mass is 10.1. The molecule has 0 radical (unpaired) electrons. The molecule has 0 amide bonds. The van der Waals surface area contributed by atoms with E-state index in [4.69, 9.17) is 4.74 Å². The lowest BCUT2D eigenvalue weighted by molar-refractivity contribution is -0.0219. The van der Waals surface area contributed by atoms with Crippen LogP contribution in [0.5, 0.6) is 0 Å². The molecule has 2 rings (SSSR count). The molecule has 1 aromatic rings. The number of aromatic nitrogens is 1. The van der Waals surface area contributed by atoms with Crippen LogP contribution in [0.1, 0.15) is 39.3 Å². The third-order valence-corrected chi connectivity index (χ3v) is 3.43. The first-order valence-corrected chi connectivity index (χ1v) is 6.63. The molecule has 3 heteroatoms. The molecule has 0 bridgehead atoms. The second kappa shape index (κ2) is 5.23. The molecular weight excluding hydrogens is 212 g/mol. The van der Waals surface area contributed by atoms with Crippen LogP contribution in [0.3, 0.4) is 0 Å². The van der Waals surface area contributed by atoms with Gasteiger partial charge in [-0.05, 0) is 45.4 Å². The van der Waals surface area contributed by atoms with E-state index in [1.165, 1.54) is 18.5 Å². The number of ether oxygens (including phenoxy) is 1. The van der Waals surface area contributed by atoms with Gasteiger partial charge in [-0.25, -0.2) is 0 Å². The molecule has 1 aliphatic heterocycles. The summed E-state index contributed by atoms with van der Waals surface area (Å²) in [7, 11) is 0. The van der Waals surface area contributed by atoms with Crippen LogP contribution in [0.4, 0.5) is 0 Å². The molecule has 0 saturated carbocycles. The monoisotopic (exact) mass is 236 g/mol. The van der Waals surface area contributed by atoms with Crippen LogP contribution in [0, 0.1) is 0 Å². The zero-order valence-electron chi connectivity index (χ0n) is 11.2. The van der Waals surface area contributed by atoms with Crippen LogP contribution in [-0.2, 0) is 17.8 Å². The Morgan fingerprint density at radius 3 is 3.00 bits per heavy atom. The predicted octanol–water partition coefficient (Wildman–Crippen LogP) is 2.56. The maximum Gasteiger partial charge on any atom is 0.0762 e. The maximum atomic E-state index is 6.04. The van der Waals surface area contributed by atoms with Crippen LogP contribution in [0.25, 0.3) is 0 Å². The number of hydrogen-bond acceptors (Lipinski definition) is 2. The zero-order valence-corrected chi connectivity index (χ0v) is 11.2. The molecule has 17 heavy (non-hydrogen) atoms. The summed E-state index contributed by atoms with van der Waals surface area (Å²) in [4.78, 5) is 0. The fourth-order valence-electron chi connectivity index (χ4n) is 2.47. The Kier molecular flexibility index (Phi) is 3.89. The van der Waals surface area contributed by atoms with Gasteiger partial charge >= 0.3 is 0 Å². The summed E-state index contributed by atoms with van der Waals surface area (Å²) in [6.45, 7) is 9.44. The van der Waals surface area contributed by atoms with Gasteiger partial charge in [0.2, 0.25) is 0 Å². The molecule has 1 saturated heterocycles. The maximum absolute atomic E-state index is 6.04. The van der Waals surface area contributed by atoms with Gasteiger partial charge in [-0.2, -0.15) is 0 Å². The topological polar surface area (TPSA) is 26.2 Å². The highest BCUT2D eigenvalue weighted by Crippen LogP contribution is 2.30. The minimum absolute atomic E-state index is 0.0691. The van der Waals surface area contributed by atoms with Crippen molar-refractivity contribution >= 4 is 0 Å². The Bertz CT molecular complexity index is 357. The molecule has 0 aliphatic carbocycles. The second-order valence-electron chi connectivity index (χ2n) is 5.47. The van der Waals surface area contributed by atoms with E-state index < -0.39 is 0 Å². The van der Waals surface area contributed by atoms with Gasteiger partial charge in [0.25, 0.3) is 0 Å². The Hall–Kier alpha value is -0.800. The van der Waals surface area contributed by atoms with Crippen molar-refractivity contribution in [3.8, 4) is 0 Å². The molecule has 2 heterocycles. The SMILES string of the molecule is CCNCc1cccn1CC1CCC(C)(C)O1.